The van der Waals surface area contributed by atoms with Crippen molar-refractivity contribution >= 4 is 28.3 Å². The number of nitrogens with zero attached hydrogens (tertiary/aromatic N) is 2. The van der Waals surface area contributed by atoms with E-state index in [1.807, 2.05) is 36.5 Å². The van der Waals surface area contributed by atoms with E-state index < -0.39 is 0 Å². The predicted octanol–water partition coefficient (Wildman–Crippen LogP) is 2.65. The molecule has 1 amide bonds. The van der Waals surface area contributed by atoms with Crippen LogP contribution in [0.1, 0.15) is 10.4 Å². The van der Waals surface area contributed by atoms with Crippen LogP contribution < -0.4 is 10.2 Å². The molecule has 1 aliphatic rings. The van der Waals surface area contributed by atoms with Gasteiger partial charge in [0.25, 0.3) is 5.91 Å². The van der Waals surface area contributed by atoms with Crippen molar-refractivity contribution in [1.82, 2.24) is 9.97 Å². The van der Waals surface area contributed by atoms with E-state index in [0.717, 1.165) is 35.5 Å². The Hall–Kier alpha value is -2.86. The average Bonchev–Trinajstić information content (AvgIpc) is 3.10. The van der Waals surface area contributed by atoms with Gasteiger partial charge in [0.05, 0.1) is 13.2 Å². The van der Waals surface area contributed by atoms with Gasteiger partial charge in [0, 0.05) is 47.6 Å². The Kier molecular flexibility index (Phi) is 3.88. The molecule has 3 aromatic rings. The molecule has 0 atom stereocenters. The first-order chi connectivity index (χ1) is 11.8. The molecule has 0 bridgehead atoms. The van der Waals surface area contributed by atoms with Crippen LogP contribution in [0.25, 0.3) is 10.9 Å². The molecule has 2 aromatic heterocycles. The Labute approximate surface area is 139 Å². The fourth-order valence-electron chi connectivity index (χ4n) is 2.86. The van der Waals surface area contributed by atoms with Crippen LogP contribution >= 0.6 is 0 Å². The minimum Gasteiger partial charge on any atom is -0.378 e. The molecular formula is C18H18N4O2. The maximum absolute atomic E-state index is 12.5. The van der Waals surface area contributed by atoms with E-state index in [9.17, 15) is 4.79 Å². The zero-order chi connectivity index (χ0) is 16.4. The molecule has 2 N–H and O–H groups in total. The number of benzene rings is 1. The maximum Gasteiger partial charge on any atom is 0.255 e. The van der Waals surface area contributed by atoms with Crippen LogP contribution in [0.2, 0.25) is 0 Å². The summed E-state index contributed by atoms with van der Waals surface area (Å²) in [5.41, 5.74) is 2.42. The number of amides is 1. The number of hydrogen-bond donors (Lipinski definition) is 2. The topological polar surface area (TPSA) is 70.2 Å². The van der Waals surface area contributed by atoms with Crippen molar-refractivity contribution in [3.63, 3.8) is 0 Å². The predicted molar refractivity (Wildman–Crippen MR) is 93.5 cm³/mol. The summed E-state index contributed by atoms with van der Waals surface area (Å²) in [6, 6.07) is 11.3. The number of morpholine rings is 1. The van der Waals surface area contributed by atoms with Crippen molar-refractivity contribution in [3.05, 3.63) is 54.4 Å². The lowest BCUT2D eigenvalue weighted by molar-refractivity contribution is 0.102. The van der Waals surface area contributed by atoms with Gasteiger partial charge < -0.3 is 19.9 Å². The van der Waals surface area contributed by atoms with Gasteiger partial charge in [0.2, 0.25) is 0 Å². The molecule has 122 valence electrons. The van der Waals surface area contributed by atoms with Gasteiger partial charge in [0.1, 0.15) is 5.82 Å². The third-order valence-electron chi connectivity index (χ3n) is 4.15. The SMILES string of the molecule is O=C(Nc1ccc2[nH]ccc2c1)c1ccnc(N2CCOCC2)c1. The number of aromatic amines is 1. The lowest BCUT2D eigenvalue weighted by atomic mass is 10.2. The largest absolute Gasteiger partial charge is 0.378 e. The first-order valence-corrected chi connectivity index (χ1v) is 7.97. The van der Waals surface area contributed by atoms with Crippen LogP contribution in [0, 0.1) is 0 Å². The number of carbonyl (C=O) groups excluding carboxylic acids is 1. The van der Waals surface area contributed by atoms with Crippen molar-refractivity contribution < 1.29 is 9.53 Å². The number of ether oxygens (including phenoxy) is 1. The number of H-pyrrole nitrogens is 1. The van der Waals surface area contributed by atoms with Gasteiger partial charge in [-0.15, -0.1) is 0 Å². The third kappa shape index (κ3) is 2.96. The van der Waals surface area contributed by atoms with Crippen LogP contribution in [0.15, 0.2) is 48.8 Å². The Bertz CT molecular complexity index is 868. The van der Waals surface area contributed by atoms with E-state index >= 15 is 0 Å². The highest BCUT2D eigenvalue weighted by Crippen LogP contribution is 2.19. The van der Waals surface area contributed by atoms with Gasteiger partial charge in [-0.25, -0.2) is 4.98 Å². The van der Waals surface area contributed by atoms with Crippen LogP contribution in [0.3, 0.4) is 0 Å². The summed E-state index contributed by atoms with van der Waals surface area (Å²) in [5.74, 6) is 0.675. The van der Waals surface area contributed by atoms with Gasteiger partial charge in [-0.05, 0) is 36.4 Å². The monoisotopic (exact) mass is 322 g/mol. The molecule has 0 radical (unpaired) electrons. The molecule has 0 spiro atoms. The standard InChI is InChI=1S/C18H18N4O2/c23-18(21-15-1-2-16-13(11-15)3-5-19-16)14-4-6-20-17(12-14)22-7-9-24-10-8-22/h1-6,11-12,19H,7-10H2,(H,21,23). The number of aromatic nitrogens is 2. The molecule has 1 aliphatic heterocycles. The number of fused-ring (bicyclic) bond motifs is 1. The zero-order valence-corrected chi connectivity index (χ0v) is 13.2. The quantitative estimate of drug-likeness (QED) is 0.778. The Balaban J connectivity index is 1.53. The van der Waals surface area contributed by atoms with E-state index in [-0.39, 0.29) is 5.91 Å². The Morgan fingerprint density at radius 3 is 2.92 bits per heavy atom. The molecule has 0 unspecified atom stereocenters. The molecular weight excluding hydrogens is 304 g/mol. The normalized spacial score (nSPS) is 14.8. The third-order valence-corrected chi connectivity index (χ3v) is 4.15. The van der Waals surface area contributed by atoms with Crippen LogP contribution in [0.5, 0.6) is 0 Å². The highest BCUT2D eigenvalue weighted by molar-refractivity contribution is 6.05. The smallest absolute Gasteiger partial charge is 0.255 e. The molecule has 0 aliphatic carbocycles. The van der Waals surface area contributed by atoms with Crippen LogP contribution in [-0.2, 0) is 4.74 Å². The minimum atomic E-state index is -0.137. The van der Waals surface area contributed by atoms with E-state index in [2.05, 4.69) is 20.2 Å². The minimum absolute atomic E-state index is 0.137. The van der Waals surface area contributed by atoms with Crippen molar-refractivity contribution in [1.29, 1.82) is 0 Å². The molecule has 1 saturated heterocycles. The van der Waals surface area contributed by atoms with E-state index in [4.69, 9.17) is 4.74 Å². The van der Waals surface area contributed by atoms with Gasteiger partial charge in [-0.1, -0.05) is 0 Å². The van der Waals surface area contributed by atoms with Gasteiger partial charge in [-0.3, -0.25) is 4.79 Å². The fraction of sp³-hybridized carbons (Fsp3) is 0.222. The maximum atomic E-state index is 12.5. The zero-order valence-electron chi connectivity index (χ0n) is 13.2. The molecule has 4 rings (SSSR count). The van der Waals surface area contributed by atoms with Crippen LogP contribution in [0.4, 0.5) is 11.5 Å². The summed E-state index contributed by atoms with van der Waals surface area (Å²) in [6.07, 6.45) is 3.56. The number of carbonyl (C=O) groups is 1. The molecule has 24 heavy (non-hydrogen) atoms. The second kappa shape index (κ2) is 6.33. The first-order valence-electron chi connectivity index (χ1n) is 7.97. The molecule has 1 aromatic carbocycles. The van der Waals surface area contributed by atoms with Crippen molar-refractivity contribution in [2.24, 2.45) is 0 Å². The lowest BCUT2D eigenvalue weighted by Gasteiger charge is -2.27. The Morgan fingerprint density at radius 2 is 2.04 bits per heavy atom. The number of hydrogen-bond acceptors (Lipinski definition) is 4. The number of anilines is 2. The summed E-state index contributed by atoms with van der Waals surface area (Å²) in [6.45, 7) is 2.97. The summed E-state index contributed by atoms with van der Waals surface area (Å²) in [4.78, 5) is 22.2. The molecule has 1 fully saturated rings. The van der Waals surface area contributed by atoms with Crippen molar-refractivity contribution in [2.75, 3.05) is 36.5 Å². The highest BCUT2D eigenvalue weighted by atomic mass is 16.5. The molecule has 6 heteroatoms. The summed E-state index contributed by atoms with van der Waals surface area (Å²) < 4.78 is 5.36. The second-order valence-electron chi connectivity index (χ2n) is 5.74. The Morgan fingerprint density at radius 1 is 1.17 bits per heavy atom. The molecule has 6 nitrogen and oxygen atoms in total. The van der Waals surface area contributed by atoms with E-state index in [1.165, 1.54) is 0 Å². The lowest BCUT2D eigenvalue weighted by Crippen LogP contribution is -2.36. The van der Waals surface area contributed by atoms with Crippen molar-refractivity contribution in [3.8, 4) is 0 Å². The first kappa shape index (κ1) is 14.7. The number of nitrogens with one attached hydrogen (secondary N) is 2. The average molecular weight is 322 g/mol. The molecule has 3 heterocycles. The number of pyridine rings is 1. The van der Waals surface area contributed by atoms with Gasteiger partial charge >= 0.3 is 0 Å². The number of rotatable bonds is 3. The van der Waals surface area contributed by atoms with Crippen molar-refractivity contribution in [2.45, 2.75) is 0 Å². The van der Waals surface area contributed by atoms with E-state index in [0.29, 0.717) is 18.8 Å². The highest BCUT2D eigenvalue weighted by Gasteiger charge is 2.14. The second-order valence-corrected chi connectivity index (χ2v) is 5.74. The van der Waals surface area contributed by atoms with Crippen LogP contribution in [-0.4, -0.2) is 42.2 Å². The summed E-state index contributed by atoms with van der Waals surface area (Å²) in [7, 11) is 0. The van der Waals surface area contributed by atoms with E-state index in [1.54, 1.807) is 12.3 Å². The van der Waals surface area contributed by atoms with Gasteiger partial charge in [-0.2, -0.15) is 0 Å². The van der Waals surface area contributed by atoms with Gasteiger partial charge in [0.15, 0.2) is 0 Å². The fourth-order valence-corrected chi connectivity index (χ4v) is 2.86. The molecule has 0 saturated carbocycles. The summed E-state index contributed by atoms with van der Waals surface area (Å²) in [5, 5.41) is 4.01. The summed E-state index contributed by atoms with van der Waals surface area (Å²) >= 11 is 0.